The van der Waals surface area contributed by atoms with E-state index >= 15 is 0 Å². The van der Waals surface area contributed by atoms with Crippen LogP contribution in [-0.4, -0.2) is 22.8 Å². The van der Waals surface area contributed by atoms with Gasteiger partial charge in [-0.1, -0.05) is 6.92 Å². The third-order valence-electron chi connectivity index (χ3n) is 0.838. The Morgan fingerprint density at radius 3 is 2.38 bits per heavy atom. The quantitative estimate of drug-likeness (QED) is 0.142. The molecule has 0 radical (unpaired) electrons. The number of hydrazine groups is 2. The molecule has 0 aliphatic carbocycles. The number of urea groups is 1. The molecule has 1 atom stereocenters. The minimum atomic E-state index is -0.531. The van der Waals surface area contributed by atoms with Gasteiger partial charge < -0.3 is 24.5 Å². The van der Waals surface area contributed by atoms with Crippen LogP contribution in [0.1, 0.15) is 6.92 Å². The smallest absolute Gasteiger partial charge is 0.788 e. The Hall–Kier alpha value is -0.476. The van der Waals surface area contributed by atoms with Gasteiger partial charge in [-0.2, -0.15) is 0 Å². The maximum atomic E-state index is 10.6. The van der Waals surface area contributed by atoms with Crippen LogP contribution in [0.4, 0.5) is 4.79 Å². The summed E-state index contributed by atoms with van der Waals surface area (Å²) in [5.41, 5.74) is 1.89. The van der Waals surface area contributed by atoms with E-state index in [0.717, 1.165) is 5.01 Å². The number of carbonyl (C=O) groups is 1. The summed E-state index contributed by atoms with van der Waals surface area (Å²) in [4.78, 5) is 10.6. The molecule has 0 spiro atoms. The van der Waals surface area contributed by atoms with Crippen LogP contribution in [0.3, 0.4) is 0 Å². The van der Waals surface area contributed by atoms with Gasteiger partial charge in [-0.3, -0.25) is 10.4 Å². The summed E-state index contributed by atoms with van der Waals surface area (Å²) in [6, 6.07) is -0.531. The number of nitrogens with two attached hydrogens (primary N) is 2. The first-order valence-corrected chi connectivity index (χ1v) is 3.46. The minimum absolute atomic E-state index is 0. The van der Waals surface area contributed by atoms with Gasteiger partial charge in [-0.25, -0.2) is 16.5 Å². The predicted molar refractivity (Wildman–Crippen MR) is 45.4 cm³/mol. The van der Waals surface area contributed by atoms with Crippen LogP contribution in [0.2, 0.25) is 0 Å². The number of carbonyl (C=O) groups excluding carboxylic acids is 1. The second kappa shape index (κ2) is 11.5. The van der Waals surface area contributed by atoms with Crippen molar-refractivity contribution in [3.8, 4) is 0 Å². The molecule has 0 saturated heterocycles. The van der Waals surface area contributed by atoms with E-state index in [1.54, 1.807) is 6.92 Å². The first-order chi connectivity index (χ1) is 5.57. The van der Waals surface area contributed by atoms with E-state index in [9.17, 15) is 4.79 Å². The Morgan fingerprint density at radius 2 is 2.15 bits per heavy atom. The van der Waals surface area contributed by atoms with E-state index in [1.807, 2.05) is 5.43 Å². The fraction of sp³-hybridized carbons (Fsp3) is 0.600. The van der Waals surface area contributed by atoms with Gasteiger partial charge in [-0.15, -0.1) is 5.25 Å². The summed E-state index contributed by atoms with van der Waals surface area (Å²) in [7, 11) is 0. The molecular formula is C5H11N5NiOS. The number of nitrogens with one attached hydrogen (secondary N) is 1. The maximum Gasteiger partial charge on any atom is 2.00 e. The predicted octanol–water partition coefficient (Wildman–Crippen LogP) is -1.23. The van der Waals surface area contributed by atoms with Crippen LogP contribution in [0.25, 0.3) is 0 Å². The third-order valence-corrected chi connectivity index (χ3v) is 0.987. The van der Waals surface area contributed by atoms with Crippen LogP contribution in [0, 0.1) is 11.8 Å². The average molecular weight is 248 g/mol. The molecule has 0 aromatic heterocycles. The van der Waals surface area contributed by atoms with E-state index in [0.29, 0.717) is 6.54 Å². The Kier molecular flexibility index (Phi) is 16.3. The maximum absolute atomic E-state index is 10.6. The molecule has 0 aliphatic heterocycles. The second-order valence-electron chi connectivity index (χ2n) is 1.91. The number of hydrogen-bond donors (Lipinski definition) is 3. The Labute approximate surface area is 92.9 Å². The number of nitrogens with zero attached hydrogens (tertiary/aromatic N) is 2. The van der Waals surface area contributed by atoms with E-state index in [1.165, 1.54) is 0 Å². The van der Waals surface area contributed by atoms with E-state index in [-0.39, 0.29) is 21.7 Å². The van der Waals surface area contributed by atoms with Gasteiger partial charge in [0.25, 0.3) is 0 Å². The zero-order chi connectivity index (χ0) is 10.1. The molecule has 0 fully saturated rings. The van der Waals surface area contributed by atoms with Crippen molar-refractivity contribution < 1.29 is 21.3 Å². The zero-order valence-corrected chi connectivity index (χ0v) is 8.77. The molecule has 0 saturated carbocycles. The summed E-state index contributed by atoms with van der Waals surface area (Å²) in [6.45, 7) is 6.84. The number of hydrogen-bond acceptors (Lipinski definition) is 5. The standard InChI is InChI=1S/C4H12N4OS.CN.Ni/c1-3(10)2-8(6)4(9)7-5;1-2;/h3,10H,2,5-6H2,1H3,(H,7,9);;/q;-1;+2/p-1. The Balaban J connectivity index is -0.000000309. The topological polar surface area (TPSA) is 108 Å². The van der Waals surface area contributed by atoms with Gasteiger partial charge in [0.15, 0.2) is 0 Å². The fourth-order valence-corrected chi connectivity index (χ4v) is 0.603. The van der Waals surface area contributed by atoms with Crippen LogP contribution in [-0.2, 0) is 29.1 Å². The van der Waals surface area contributed by atoms with Crippen molar-refractivity contribution in [2.24, 2.45) is 11.7 Å². The average Bonchev–Trinajstić information content (AvgIpc) is 2.05. The first-order valence-electron chi connectivity index (χ1n) is 2.99. The molecule has 6 nitrogen and oxygen atoms in total. The molecule has 0 aliphatic rings. The van der Waals surface area contributed by atoms with Gasteiger partial charge in [0.1, 0.15) is 0 Å². The SMILES string of the molecule is CC([S-])CN(N)C(=O)NN.[C-]#N.[Ni+2]. The van der Waals surface area contributed by atoms with Crippen molar-refractivity contribution in [1.82, 2.24) is 10.4 Å². The number of rotatable bonds is 2. The van der Waals surface area contributed by atoms with Crippen molar-refractivity contribution in [1.29, 1.82) is 5.26 Å². The molecule has 0 heterocycles. The minimum Gasteiger partial charge on any atom is -0.788 e. The summed E-state index contributed by atoms with van der Waals surface area (Å²) >= 11 is 4.78. The van der Waals surface area contributed by atoms with Crippen molar-refractivity contribution in [3.63, 3.8) is 0 Å². The van der Waals surface area contributed by atoms with Crippen LogP contribution in [0.5, 0.6) is 0 Å². The Morgan fingerprint density at radius 1 is 1.77 bits per heavy atom. The van der Waals surface area contributed by atoms with Crippen molar-refractivity contribution in [2.75, 3.05) is 6.54 Å². The zero-order valence-electron chi connectivity index (χ0n) is 6.97. The fourth-order valence-electron chi connectivity index (χ4n) is 0.443. The largest absolute Gasteiger partial charge is 2.00 e. The Bertz CT molecular complexity index is 153. The molecular weight excluding hydrogens is 237 g/mol. The molecule has 13 heavy (non-hydrogen) atoms. The molecule has 0 aromatic rings. The van der Waals surface area contributed by atoms with Gasteiger partial charge in [0.05, 0.1) is 0 Å². The molecule has 0 bridgehead atoms. The van der Waals surface area contributed by atoms with Crippen LogP contribution in [0.15, 0.2) is 0 Å². The van der Waals surface area contributed by atoms with E-state index < -0.39 is 6.03 Å². The summed E-state index contributed by atoms with van der Waals surface area (Å²) in [6.07, 6.45) is 0. The van der Waals surface area contributed by atoms with Gasteiger partial charge in [0, 0.05) is 6.54 Å². The van der Waals surface area contributed by atoms with Gasteiger partial charge >= 0.3 is 22.5 Å². The van der Waals surface area contributed by atoms with E-state index in [2.05, 4.69) is 0 Å². The molecule has 2 amide bonds. The molecule has 5 N–H and O–H groups in total. The summed E-state index contributed by atoms with van der Waals surface area (Å²) in [5, 5.41) is 7.12. The van der Waals surface area contributed by atoms with Crippen molar-refractivity contribution in [2.45, 2.75) is 12.2 Å². The molecule has 78 valence electrons. The van der Waals surface area contributed by atoms with Crippen molar-refractivity contribution in [3.05, 3.63) is 6.57 Å². The molecule has 0 aromatic carbocycles. The van der Waals surface area contributed by atoms with Crippen LogP contribution < -0.4 is 17.1 Å². The molecule has 8 heteroatoms. The normalized spacial score (nSPS) is 9.69. The first kappa shape index (κ1) is 18.3. The third kappa shape index (κ3) is 11.5. The summed E-state index contributed by atoms with van der Waals surface area (Å²) < 4.78 is 0. The van der Waals surface area contributed by atoms with Crippen molar-refractivity contribution >= 4 is 18.7 Å². The van der Waals surface area contributed by atoms with Gasteiger partial charge in [-0.05, 0) is 0 Å². The molecule has 1 unspecified atom stereocenters. The summed E-state index contributed by atoms with van der Waals surface area (Å²) in [5.74, 6) is 10.00. The molecule has 0 rings (SSSR count). The second-order valence-corrected chi connectivity index (χ2v) is 2.72. The van der Waals surface area contributed by atoms with Crippen LogP contribution >= 0.6 is 0 Å². The van der Waals surface area contributed by atoms with Gasteiger partial charge in [0.2, 0.25) is 0 Å². The monoisotopic (exact) mass is 247 g/mol. The number of amides is 2. The van der Waals surface area contributed by atoms with E-state index in [4.69, 9.17) is 36.1 Å².